The first-order valence-corrected chi connectivity index (χ1v) is 9.32. The number of unbranched alkanes of at least 4 members (excludes halogenated alkanes) is 1. The number of amides is 1. The number of carbonyl (C=O) groups is 1. The molecule has 1 amide bonds. The van der Waals surface area contributed by atoms with Crippen molar-refractivity contribution in [1.82, 2.24) is 14.9 Å². The number of aromatic nitrogens is 2. The molecule has 0 aliphatic heterocycles. The topological polar surface area (TPSA) is 65.4 Å². The van der Waals surface area contributed by atoms with E-state index >= 15 is 0 Å². The lowest BCUT2D eigenvalue weighted by Gasteiger charge is -2.10. The van der Waals surface area contributed by atoms with E-state index in [-0.39, 0.29) is 5.91 Å². The number of carbonyl (C=O) groups excluding carboxylic acids is 1. The van der Waals surface area contributed by atoms with Crippen molar-refractivity contribution < 1.29 is 14.3 Å². The Hall–Kier alpha value is -3.28. The van der Waals surface area contributed by atoms with Gasteiger partial charge in [-0.1, -0.05) is 18.7 Å². The number of hydrogen-bond acceptors (Lipinski definition) is 4. The second-order valence-electron chi connectivity index (χ2n) is 6.32. The maximum atomic E-state index is 11.5. The fourth-order valence-corrected chi connectivity index (χ4v) is 2.98. The van der Waals surface area contributed by atoms with Gasteiger partial charge in [0.05, 0.1) is 31.3 Å². The fourth-order valence-electron chi connectivity index (χ4n) is 2.98. The number of imidazole rings is 1. The van der Waals surface area contributed by atoms with Crippen LogP contribution in [-0.4, -0.2) is 29.2 Å². The van der Waals surface area contributed by atoms with Crippen molar-refractivity contribution in [2.45, 2.75) is 25.9 Å². The van der Waals surface area contributed by atoms with E-state index in [1.807, 2.05) is 42.5 Å². The number of nitrogens with one attached hydrogen (secondary N) is 1. The second kappa shape index (κ2) is 9.60. The van der Waals surface area contributed by atoms with Crippen LogP contribution in [0.5, 0.6) is 11.5 Å². The van der Waals surface area contributed by atoms with E-state index in [4.69, 9.17) is 9.47 Å². The molecule has 2 aromatic carbocycles. The first-order chi connectivity index (χ1) is 13.7. The van der Waals surface area contributed by atoms with Gasteiger partial charge in [0.2, 0.25) is 5.91 Å². The predicted molar refractivity (Wildman–Crippen MR) is 109 cm³/mol. The molecule has 0 aliphatic rings. The summed E-state index contributed by atoms with van der Waals surface area (Å²) in [5.41, 5.74) is 2.00. The molecule has 3 aromatic rings. The van der Waals surface area contributed by atoms with E-state index in [0.717, 1.165) is 47.7 Å². The van der Waals surface area contributed by atoms with E-state index in [1.165, 1.54) is 6.08 Å². The summed E-state index contributed by atoms with van der Waals surface area (Å²) in [5.74, 6) is 2.29. The molecule has 1 aromatic heterocycles. The molecule has 0 saturated heterocycles. The Balaban J connectivity index is 1.56. The smallest absolute Gasteiger partial charge is 0.243 e. The number of hydrogen-bond donors (Lipinski definition) is 1. The van der Waals surface area contributed by atoms with Gasteiger partial charge in [-0.25, -0.2) is 4.98 Å². The molecule has 0 unspecified atom stereocenters. The van der Waals surface area contributed by atoms with E-state index in [1.54, 1.807) is 7.11 Å². The summed E-state index contributed by atoms with van der Waals surface area (Å²) in [6.07, 6.45) is 3.12. The molecule has 6 heteroatoms. The zero-order chi connectivity index (χ0) is 19.8. The molecule has 1 heterocycles. The van der Waals surface area contributed by atoms with Crippen molar-refractivity contribution in [2.75, 3.05) is 13.7 Å². The standard InChI is InChI=1S/C22H25N3O3/c1-3-22(26)23-16-21-24-19-8-4-5-9-20(19)25(21)14-6-7-15-28-18-12-10-17(27-2)11-13-18/h3-5,8-13H,1,6-7,14-16H2,2H3,(H,23,26). The zero-order valence-corrected chi connectivity index (χ0v) is 16.1. The Labute approximate surface area is 164 Å². The molecule has 0 spiro atoms. The Morgan fingerprint density at radius 1 is 1.14 bits per heavy atom. The quantitative estimate of drug-likeness (QED) is 0.431. The van der Waals surface area contributed by atoms with Crippen LogP contribution >= 0.6 is 0 Å². The van der Waals surface area contributed by atoms with Crippen LogP contribution in [0.3, 0.4) is 0 Å². The van der Waals surface area contributed by atoms with E-state index in [0.29, 0.717) is 13.2 Å². The van der Waals surface area contributed by atoms with Crippen molar-refractivity contribution in [3.8, 4) is 11.5 Å². The van der Waals surface area contributed by atoms with Gasteiger partial charge in [-0.2, -0.15) is 0 Å². The van der Waals surface area contributed by atoms with Gasteiger partial charge in [0.1, 0.15) is 17.3 Å². The lowest BCUT2D eigenvalue weighted by atomic mass is 10.3. The van der Waals surface area contributed by atoms with Gasteiger partial charge in [-0.05, 0) is 55.3 Å². The summed E-state index contributed by atoms with van der Waals surface area (Å²) in [6, 6.07) is 15.6. The Bertz CT molecular complexity index is 932. The third-order valence-electron chi connectivity index (χ3n) is 4.44. The minimum atomic E-state index is -0.202. The first kappa shape index (κ1) is 19.5. The van der Waals surface area contributed by atoms with Crippen molar-refractivity contribution in [1.29, 1.82) is 0 Å². The number of methoxy groups -OCH3 is 1. The molecule has 6 nitrogen and oxygen atoms in total. The van der Waals surface area contributed by atoms with Crippen molar-refractivity contribution in [3.63, 3.8) is 0 Å². The van der Waals surface area contributed by atoms with Gasteiger partial charge >= 0.3 is 0 Å². The summed E-state index contributed by atoms with van der Waals surface area (Å²) in [4.78, 5) is 16.1. The van der Waals surface area contributed by atoms with Gasteiger partial charge in [0.25, 0.3) is 0 Å². The van der Waals surface area contributed by atoms with Gasteiger partial charge in [-0.15, -0.1) is 0 Å². The van der Waals surface area contributed by atoms with Gasteiger partial charge in [-0.3, -0.25) is 4.79 Å². The molecular weight excluding hydrogens is 354 g/mol. The summed E-state index contributed by atoms with van der Waals surface area (Å²) < 4.78 is 13.1. The SMILES string of the molecule is C=CC(=O)NCc1nc2ccccc2n1CCCCOc1ccc(OC)cc1. The van der Waals surface area contributed by atoms with Crippen LogP contribution in [0.15, 0.2) is 61.2 Å². The molecule has 28 heavy (non-hydrogen) atoms. The van der Waals surface area contributed by atoms with Crippen LogP contribution in [0.25, 0.3) is 11.0 Å². The predicted octanol–water partition coefficient (Wildman–Crippen LogP) is 3.71. The zero-order valence-electron chi connectivity index (χ0n) is 16.1. The van der Waals surface area contributed by atoms with Gasteiger partial charge < -0.3 is 19.4 Å². The molecule has 0 atom stereocenters. The Morgan fingerprint density at radius 3 is 2.64 bits per heavy atom. The molecule has 146 valence electrons. The van der Waals surface area contributed by atoms with Crippen LogP contribution in [0, 0.1) is 0 Å². The summed E-state index contributed by atoms with van der Waals surface area (Å²) in [7, 11) is 1.65. The number of rotatable bonds is 10. The summed E-state index contributed by atoms with van der Waals surface area (Å²) >= 11 is 0. The highest BCUT2D eigenvalue weighted by molar-refractivity contribution is 5.86. The number of fused-ring (bicyclic) bond motifs is 1. The van der Waals surface area contributed by atoms with Crippen molar-refractivity contribution in [2.24, 2.45) is 0 Å². The van der Waals surface area contributed by atoms with Gasteiger partial charge in [0, 0.05) is 6.54 Å². The molecule has 3 rings (SSSR count). The van der Waals surface area contributed by atoms with Crippen LogP contribution in [-0.2, 0) is 17.9 Å². The van der Waals surface area contributed by atoms with Gasteiger partial charge in [0.15, 0.2) is 0 Å². The molecule has 0 fully saturated rings. The summed E-state index contributed by atoms with van der Waals surface area (Å²) in [5, 5.41) is 2.81. The maximum absolute atomic E-state index is 11.5. The number of para-hydroxylation sites is 2. The van der Waals surface area contributed by atoms with E-state index in [9.17, 15) is 4.79 Å². The van der Waals surface area contributed by atoms with Crippen LogP contribution in [0.2, 0.25) is 0 Å². The minimum absolute atomic E-state index is 0.202. The monoisotopic (exact) mass is 379 g/mol. The second-order valence-corrected chi connectivity index (χ2v) is 6.32. The third kappa shape index (κ3) is 4.91. The van der Waals surface area contributed by atoms with E-state index < -0.39 is 0 Å². The van der Waals surface area contributed by atoms with E-state index in [2.05, 4.69) is 27.5 Å². The average Bonchev–Trinajstić information content (AvgIpc) is 3.09. The highest BCUT2D eigenvalue weighted by atomic mass is 16.5. The third-order valence-corrected chi connectivity index (χ3v) is 4.44. The summed E-state index contributed by atoms with van der Waals surface area (Å²) in [6.45, 7) is 5.31. The van der Waals surface area contributed by atoms with Crippen LogP contribution < -0.4 is 14.8 Å². The number of benzene rings is 2. The Morgan fingerprint density at radius 2 is 1.89 bits per heavy atom. The highest BCUT2D eigenvalue weighted by Gasteiger charge is 2.10. The molecule has 0 aliphatic carbocycles. The minimum Gasteiger partial charge on any atom is -0.497 e. The molecule has 1 N–H and O–H groups in total. The molecule has 0 bridgehead atoms. The normalized spacial score (nSPS) is 10.6. The Kier molecular flexibility index (Phi) is 6.68. The molecule has 0 radical (unpaired) electrons. The first-order valence-electron chi connectivity index (χ1n) is 9.32. The van der Waals surface area contributed by atoms with Crippen molar-refractivity contribution >= 4 is 16.9 Å². The largest absolute Gasteiger partial charge is 0.497 e. The maximum Gasteiger partial charge on any atom is 0.243 e. The van der Waals surface area contributed by atoms with Crippen LogP contribution in [0.1, 0.15) is 18.7 Å². The average molecular weight is 379 g/mol. The molecular formula is C22H25N3O3. The lowest BCUT2D eigenvalue weighted by molar-refractivity contribution is -0.116. The van der Waals surface area contributed by atoms with Crippen molar-refractivity contribution in [3.05, 3.63) is 67.0 Å². The number of aryl methyl sites for hydroxylation is 1. The number of ether oxygens (including phenoxy) is 2. The number of nitrogens with zero attached hydrogens (tertiary/aromatic N) is 2. The highest BCUT2D eigenvalue weighted by Crippen LogP contribution is 2.19. The lowest BCUT2D eigenvalue weighted by Crippen LogP contribution is -2.22. The fraction of sp³-hybridized carbons (Fsp3) is 0.273. The molecule has 0 saturated carbocycles. The van der Waals surface area contributed by atoms with Crippen LogP contribution in [0.4, 0.5) is 0 Å².